The average Bonchev–Trinajstić information content (AvgIpc) is 2.37. The predicted octanol–water partition coefficient (Wildman–Crippen LogP) is 3.03. The third-order valence-electron chi connectivity index (χ3n) is 2.90. The number of hydrogen-bond donors (Lipinski definition) is 0. The Morgan fingerprint density at radius 1 is 1.24 bits per heavy atom. The molecule has 0 aliphatic rings. The van der Waals surface area contributed by atoms with Gasteiger partial charge in [0.15, 0.2) is 9.84 Å². The lowest BCUT2D eigenvalue weighted by Gasteiger charge is -2.09. The van der Waals surface area contributed by atoms with Crippen molar-refractivity contribution in [1.29, 1.82) is 0 Å². The van der Waals surface area contributed by atoms with Crippen LogP contribution in [0, 0.1) is 0 Å². The van der Waals surface area contributed by atoms with Crippen molar-refractivity contribution in [3.8, 4) is 0 Å². The summed E-state index contributed by atoms with van der Waals surface area (Å²) < 4.78 is 72.8. The van der Waals surface area contributed by atoms with E-state index in [9.17, 15) is 25.8 Å². The van der Waals surface area contributed by atoms with Crippen LogP contribution in [-0.4, -0.2) is 29.4 Å². The maximum absolute atomic E-state index is 12.6. The summed E-state index contributed by atoms with van der Waals surface area (Å²) in [5, 5.41) is -0.514. The van der Waals surface area contributed by atoms with Crippen molar-refractivity contribution in [3.63, 3.8) is 0 Å². The molecule has 8 heteroatoms. The first-order valence-electron chi connectivity index (χ1n) is 6.31. The molecule has 1 atom stereocenters. The van der Waals surface area contributed by atoms with Gasteiger partial charge < -0.3 is 0 Å². The van der Waals surface area contributed by atoms with Gasteiger partial charge in [-0.3, -0.25) is 4.21 Å². The van der Waals surface area contributed by atoms with Crippen LogP contribution in [0.1, 0.15) is 25.8 Å². The highest BCUT2D eigenvalue weighted by molar-refractivity contribution is 7.92. The van der Waals surface area contributed by atoms with Crippen LogP contribution in [0.25, 0.3) is 0 Å². The quantitative estimate of drug-likeness (QED) is 0.798. The van der Waals surface area contributed by atoms with E-state index in [1.807, 2.05) is 0 Å². The fourth-order valence-corrected chi connectivity index (χ4v) is 3.89. The molecule has 0 fully saturated rings. The molecule has 0 aromatic heterocycles. The second-order valence-corrected chi connectivity index (χ2v) is 9.09. The van der Waals surface area contributed by atoms with Crippen LogP contribution >= 0.6 is 0 Å². The molecule has 1 rings (SSSR count). The molecular formula is C13H17F3O3S2. The molecule has 21 heavy (non-hydrogen) atoms. The zero-order valence-electron chi connectivity index (χ0n) is 11.7. The Kier molecular flexibility index (Phi) is 5.98. The van der Waals surface area contributed by atoms with Gasteiger partial charge in [0.1, 0.15) is 0 Å². The molecule has 0 heterocycles. The van der Waals surface area contributed by atoms with Crippen molar-refractivity contribution in [1.82, 2.24) is 0 Å². The summed E-state index contributed by atoms with van der Waals surface area (Å²) in [5.41, 5.74) is -0.858. The largest absolute Gasteiger partial charge is 0.416 e. The van der Waals surface area contributed by atoms with E-state index < -0.39 is 37.6 Å². The summed E-state index contributed by atoms with van der Waals surface area (Å²) in [6.45, 7) is 3.11. The lowest BCUT2D eigenvalue weighted by molar-refractivity contribution is -0.137. The van der Waals surface area contributed by atoms with Crippen molar-refractivity contribution in [3.05, 3.63) is 29.8 Å². The van der Waals surface area contributed by atoms with E-state index in [1.54, 1.807) is 13.8 Å². The molecule has 0 N–H and O–H groups in total. The molecule has 0 unspecified atom stereocenters. The van der Waals surface area contributed by atoms with E-state index in [0.717, 1.165) is 12.1 Å². The maximum Gasteiger partial charge on any atom is 0.416 e. The van der Waals surface area contributed by atoms with Gasteiger partial charge in [-0.1, -0.05) is 6.07 Å². The first kappa shape index (κ1) is 18.2. The summed E-state index contributed by atoms with van der Waals surface area (Å²) in [4.78, 5) is 0.0618. The van der Waals surface area contributed by atoms with Gasteiger partial charge in [0.25, 0.3) is 0 Å². The van der Waals surface area contributed by atoms with Crippen molar-refractivity contribution >= 4 is 20.6 Å². The zero-order chi connectivity index (χ0) is 16.3. The van der Waals surface area contributed by atoms with Gasteiger partial charge in [-0.2, -0.15) is 13.2 Å². The monoisotopic (exact) mass is 342 g/mol. The van der Waals surface area contributed by atoms with Crippen LogP contribution in [0.4, 0.5) is 13.2 Å². The molecular weight excluding hydrogens is 325 g/mol. The van der Waals surface area contributed by atoms with E-state index in [0.29, 0.717) is 0 Å². The number of rotatable bonds is 6. The zero-order valence-corrected chi connectivity index (χ0v) is 13.3. The number of sulfone groups is 1. The van der Waals surface area contributed by atoms with Crippen molar-refractivity contribution < 1.29 is 25.8 Å². The van der Waals surface area contributed by atoms with Gasteiger partial charge in [-0.15, -0.1) is 0 Å². The minimum atomic E-state index is -4.48. The SMILES string of the molecule is CC(C)S(=O)(=O)CCC[S@@](=O)c1cccc(C(F)(F)F)c1. The van der Waals surface area contributed by atoms with E-state index in [1.165, 1.54) is 12.1 Å². The average molecular weight is 342 g/mol. The summed E-state index contributed by atoms with van der Waals surface area (Å²) in [6, 6.07) is 4.29. The van der Waals surface area contributed by atoms with Gasteiger partial charge in [-0.25, -0.2) is 8.42 Å². The normalized spacial score (nSPS) is 14.4. The fourth-order valence-electron chi connectivity index (χ4n) is 1.56. The Morgan fingerprint density at radius 3 is 2.38 bits per heavy atom. The number of benzene rings is 1. The summed E-state index contributed by atoms with van der Waals surface area (Å²) in [7, 11) is -4.86. The topological polar surface area (TPSA) is 51.2 Å². The first-order valence-corrected chi connectivity index (χ1v) is 9.34. The third kappa shape index (κ3) is 5.43. The first-order chi connectivity index (χ1) is 9.54. The van der Waals surface area contributed by atoms with E-state index in [2.05, 4.69) is 0 Å². The van der Waals surface area contributed by atoms with Crippen molar-refractivity contribution in [2.45, 2.75) is 36.6 Å². The molecule has 0 spiro atoms. The highest BCUT2D eigenvalue weighted by Crippen LogP contribution is 2.30. The van der Waals surface area contributed by atoms with Crippen molar-refractivity contribution in [2.75, 3.05) is 11.5 Å². The summed E-state index contributed by atoms with van der Waals surface area (Å²) in [6.07, 6.45) is -4.33. The Labute approximate surface area is 124 Å². The lowest BCUT2D eigenvalue weighted by atomic mass is 10.2. The van der Waals surface area contributed by atoms with E-state index >= 15 is 0 Å². The van der Waals surface area contributed by atoms with Crippen LogP contribution in [0.5, 0.6) is 0 Å². The highest BCUT2D eigenvalue weighted by Gasteiger charge is 2.30. The molecule has 0 amide bonds. The molecule has 0 bridgehead atoms. The third-order valence-corrected chi connectivity index (χ3v) is 6.63. The molecule has 0 saturated carbocycles. The van der Waals surface area contributed by atoms with Gasteiger partial charge in [-0.05, 0) is 38.5 Å². The van der Waals surface area contributed by atoms with Crippen LogP contribution < -0.4 is 0 Å². The van der Waals surface area contributed by atoms with Crippen LogP contribution in [0.15, 0.2) is 29.2 Å². The predicted molar refractivity (Wildman–Crippen MR) is 76.3 cm³/mol. The minimum Gasteiger partial charge on any atom is -0.254 e. The number of halogens is 3. The summed E-state index contributed by atoms with van der Waals surface area (Å²) in [5.74, 6) is -0.0946. The van der Waals surface area contributed by atoms with Gasteiger partial charge in [0.05, 0.1) is 27.4 Å². The molecule has 1 aromatic carbocycles. The molecule has 0 saturated heterocycles. The Morgan fingerprint density at radius 2 is 1.86 bits per heavy atom. The van der Waals surface area contributed by atoms with Gasteiger partial charge in [0, 0.05) is 10.6 Å². The Balaban J connectivity index is 2.69. The molecule has 3 nitrogen and oxygen atoms in total. The number of hydrogen-bond acceptors (Lipinski definition) is 3. The lowest BCUT2D eigenvalue weighted by Crippen LogP contribution is -2.19. The number of alkyl halides is 3. The summed E-state index contributed by atoms with van der Waals surface area (Å²) >= 11 is 0. The second kappa shape index (κ2) is 6.91. The van der Waals surface area contributed by atoms with E-state index in [-0.39, 0.29) is 22.8 Å². The van der Waals surface area contributed by atoms with Gasteiger partial charge in [0.2, 0.25) is 0 Å². The maximum atomic E-state index is 12.6. The smallest absolute Gasteiger partial charge is 0.254 e. The standard InChI is InChI=1S/C13H17F3O3S2/c1-10(2)21(18,19)8-4-7-20(17)12-6-3-5-11(9-12)13(14,15)16/h3,5-6,9-10H,4,7-8H2,1-2H3/t20-/m1/s1. The van der Waals surface area contributed by atoms with Crippen LogP contribution in [0.3, 0.4) is 0 Å². The fraction of sp³-hybridized carbons (Fsp3) is 0.538. The van der Waals surface area contributed by atoms with Crippen molar-refractivity contribution in [2.24, 2.45) is 0 Å². The molecule has 120 valence electrons. The molecule has 0 aliphatic carbocycles. The van der Waals surface area contributed by atoms with Crippen LogP contribution in [-0.2, 0) is 26.8 Å². The molecule has 0 aliphatic heterocycles. The van der Waals surface area contributed by atoms with Gasteiger partial charge >= 0.3 is 6.18 Å². The highest BCUT2D eigenvalue weighted by atomic mass is 32.2. The molecule has 1 aromatic rings. The Bertz CT molecular complexity index is 607. The Hall–Kier alpha value is -0.890. The minimum absolute atomic E-state index is 0.0211. The van der Waals surface area contributed by atoms with E-state index in [4.69, 9.17) is 0 Å². The second-order valence-electron chi connectivity index (χ2n) is 4.84. The molecule has 0 radical (unpaired) electrons. The van der Waals surface area contributed by atoms with Crippen LogP contribution in [0.2, 0.25) is 0 Å².